The topological polar surface area (TPSA) is 96.2 Å². The highest BCUT2D eigenvalue weighted by molar-refractivity contribution is 6.06. The molecule has 1 aromatic heterocycles. The van der Waals surface area contributed by atoms with Crippen LogP contribution in [0.4, 0.5) is 0 Å². The number of nitrogens with zero attached hydrogens (tertiary/aromatic N) is 2. The minimum absolute atomic E-state index is 0.0836. The highest BCUT2D eigenvalue weighted by atomic mass is 16.3. The molecule has 2 amide bonds. The molecule has 3 N–H and O–H groups in total. The van der Waals surface area contributed by atoms with Gasteiger partial charge in [0.15, 0.2) is 5.69 Å². The van der Waals surface area contributed by atoms with E-state index < -0.39 is 17.0 Å². The maximum absolute atomic E-state index is 13.4. The number of carbonyl (C=O) groups excluding carboxylic acids is 2. The Labute approximate surface area is 189 Å². The van der Waals surface area contributed by atoms with E-state index in [0.717, 1.165) is 30.3 Å². The Morgan fingerprint density at radius 3 is 2.50 bits per heavy atom. The highest BCUT2D eigenvalue weighted by Crippen LogP contribution is 2.35. The van der Waals surface area contributed by atoms with E-state index in [-0.39, 0.29) is 18.4 Å². The third kappa shape index (κ3) is 4.82. The number of hydrogen-bond donors (Lipinski definition) is 3. The third-order valence-electron chi connectivity index (χ3n) is 6.98. The zero-order valence-corrected chi connectivity index (χ0v) is 19.5. The molecule has 2 aliphatic rings. The van der Waals surface area contributed by atoms with Gasteiger partial charge in [-0.05, 0) is 43.1 Å². The SMILES string of the molecule is CC(C)(C)C(NC(=O)c1nn(CC2CCCCC2)c2ccccc12)C(=O)NC1(CO)CC1. The van der Waals surface area contributed by atoms with E-state index in [4.69, 9.17) is 5.10 Å². The largest absolute Gasteiger partial charge is 0.394 e. The van der Waals surface area contributed by atoms with E-state index in [1.807, 2.05) is 49.7 Å². The predicted molar refractivity (Wildman–Crippen MR) is 124 cm³/mol. The fourth-order valence-electron chi connectivity index (χ4n) is 4.73. The van der Waals surface area contributed by atoms with Crippen molar-refractivity contribution < 1.29 is 14.7 Å². The van der Waals surface area contributed by atoms with Crippen molar-refractivity contribution in [1.82, 2.24) is 20.4 Å². The van der Waals surface area contributed by atoms with Gasteiger partial charge >= 0.3 is 0 Å². The van der Waals surface area contributed by atoms with Crippen molar-refractivity contribution in [3.05, 3.63) is 30.0 Å². The molecule has 7 nitrogen and oxygen atoms in total. The minimum Gasteiger partial charge on any atom is -0.394 e. The maximum atomic E-state index is 13.4. The third-order valence-corrected chi connectivity index (χ3v) is 6.98. The molecule has 1 aromatic carbocycles. The summed E-state index contributed by atoms with van der Waals surface area (Å²) < 4.78 is 1.97. The molecular formula is C25H36N4O3. The van der Waals surface area contributed by atoms with E-state index in [1.54, 1.807) is 0 Å². The number of amides is 2. The Morgan fingerprint density at radius 2 is 1.88 bits per heavy atom. The average Bonchev–Trinajstić information content (AvgIpc) is 3.45. The van der Waals surface area contributed by atoms with Crippen LogP contribution >= 0.6 is 0 Å². The van der Waals surface area contributed by atoms with Crippen molar-refractivity contribution in [1.29, 1.82) is 0 Å². The van der Waals surface area contributed by atoms with Crippen LogP contribution in [0.5, 0.6) is 0 Å². The first-order valence-corrected chi connectivity index (χ1v) is 11.9. The van der Waals surface area contributed by atoms with Crippen molar-refractivity contribution >= 4 is 22.7 Å². The van der Waals surface area contributed by atoms with Crippen LogP contribution in [0.3, 0.4) is 0 Å². The number of hydrogen-bond acceptors (Lipinski definition) is 4. The summed E-state index contributed by atoms with van der Waals surface area (Å²) >= 11 is 0. The number of rotatable bonds is 7. The van der Waals surface area contributed by atoms with Crippen molar-refractivity contribution in [3.63, 3.8) is 0 Å². The molecule has 0 spiro atoms. The molecule has 4 rings (SSSR count). The number of aromatic nitrogens is 2. The zero-order chi connectivity index (χ0) is 22.9. The first kappa shape index (κ1) is 22.8. The summed E-state index contributed by atoms with van der Waals surface area (Å²) in [7, 11) is 0. The van der Waals surface area contributed by atoms with E-state index in [9.17, 15) is 14.7 Å². The Balaban J connectivity index is 1.57. The van der Waals surface area contributed by atoms with Crippen LogP contribution in [0, 0.1) is 11.3 Å². The van der Waals surface area contributed by atoms with Gasteiger partial charge in [0.1, 0.15) is 6.04 Å². The van der Waals surface area contributed by atoms with Crippen molar-refractivity contribution in [3.8, 4) is 0 Å². The van der Waals surface area contributed by atoms with Gasteiger partial charge in [0.25, 0.3) is 5.91 Å². The maximum Gasteiger partial charge on any atom is 0.273 e. The van der Waals surface area contributed by atoms with Crippen molar-refractivity contribution in [2.24, 2.45) is 11.3 Å². The highest BCUT2D eigenvalue weighted by Gasteiger charge is 2.46. The summed E-state index contributed by atoms with van der Waals surface area (Å²) in [5.74, 6) is -0.0138. The molecule has 0 aliphatic heterocycles. The number of para-hydroxylation sites is 1. The van der Waals surface area contributed by atoms with Gasteiger partial charge < -0.3 is 15.7 Å². The van der Waals surface area contributed by atoms with E-state index in [0.29, 0.717) is 11.6 Å². The fraction of sp³-hybridized carbons (Fsp3) is 0.640. The normalized spacial score (nSPS) is 19.5. The number of aliphatic hydroxyl groups excluding tert-OH is 1. The Morgan fingerprint density at radius 1 is 1.19 bits per heavy atom. The zero-order valence-electron chi connectivity index (χ0n) is 19.5. The summed E-state index contributed by atoms with van der Waals surface area (Å²) in [6.07, 6.45) is 7.75. The van der Waals surface area contributed by atoms with Crippen molar-refractivity contribution in [2.75, 3.05) is 6.61 Å². The Bertz CT molecular complexity index is 981. The first-order valence-electron chi connectivity index (χ1n) is 11.9. The second kappa shape index (κ2) is 8.85. The molecule has 2 aromatic rings. The minimum atomic E-state index is -0.735. The van der Waals surface area contributed by atoms with Gasteiger partial charge in [-0.2, -0.15) is 5.10 Å². The van der Waals surface area contributed by atoms with Gasteiger partial charge in [-0.1, -0.05) is 58.2 Å². The summed E-state index contributed by atoms with van der Waals surface area (Å²) in [4.78, 5) is 26.4. The lowest BCUT2D eigenvalue weighted by Gasteiger charge is -2.31. The van der Waals surface area contributed by atoms with Crippen molar-refractivity contribution in [2.45, 2.75) is 83.8 Å². The Hall–Kier alpha value is -2.41. The van der Waals surface area contributed by atoms with E-state index in [1.165, 1.54) is 32.1 Å². The van der Waals surface area contributed by atoms with Crippen LogP contribution in [-0.2, 0) is 11.3 Å². The number of carbonyl (C=O) groups is 2. The van der Waals surface area contributed by atoms with E-state index in [2.05, 4.69) is 10.6 Å². The molecule has 2 saturated carbocycles. The average molecular weight is 441 g/mol. The Kier molecular flexibility index (Phi) is 6.30. The van der Waals surface area contributed by atoms with Gasteiger partial charge in [-0.15, -0.1) is 0 Å². The molecule has 1 unspecified atom stereocenters. The standard InChI is InChI=1S/C25H36N4O3/c1-24(2,3)21(23(32)27-25(16-30)13-14-25)26-22(31)20-18-11-7-8-12-19(18)29(28-20)15-17-9-5-4-6-10-17/h7-8,11-12,17,21,30H,4-6,9-10,13-16H2,1-3H3,(H,26,31)(H,27,32). The fourth-order valence-corrected chi connectivity index (χ4v) is 4.73. The van der Waals surface area contributed by atoms with E-state index >= 15 is 0 Å². The first-order chi connectivity index (χ1) is 15.2. The summed E-state index contributed by atoms with van der Waals surface area (Å²) in [6, 6.07) is 7.08. The number of nitrogens with one attached hydrogen (secondary N) is 2. The lowest BCUT2D eigenvalue weighted by Crippen LogP contribution is -2.56. The molecule has 32 heavy (non-hydrogen) atoms. The molecule has 0 radical (unpaired) electrons. The van der Waals surface area contributed by atoms with Gasteiger partial charge in [0.05, 0.1) is 17.7 Å². The molecule has 1 atom stereocenters. The van der Waals surface area contributed by atoms with Gasteiger partial charge in [0.2, 0.25) is 5.91 Å². The summed E-state index contributed by atoms with van der Waals surface area (Å²) in [5, 5.41) is 21.0. The summed E-state index contributed by atoms with van der Waals surface area (Å²) in [5.41, 5.74) is 0.296. The quantitative estimate of drug-likeness (QED) is 0.615. The second-order valence-corrected chi connectivity index (χ2v) is 10.8. The lowest BCUT2D eigenvalue weighted by molar-refractivity contribution is -0.126. The van der Waals surface area contributed by atoms with Crippen LogP contribution in [0.15, 0.2) is 24.3 Å². The monoisotopic (exact) mass is 440 g/mol. The van der Waals surface area contributed by atoms with Gasteiger partial charge in [-0.25, -0.2) is 0 Å². The molecule has 2 aliphatic carbocycles. The smallest absolute Gasteiger partial charge is 0.273 e. The number of aliphatic hydroxyl groups is 1. The molecular weight excluding hydrogens is 404 g/mol. The molecule has 0 bridgehead atoms. The van der Waals surface area contributed by atoms with Crippen LogP contribution < -0.4 is 10.6 Å². The number of benzene rings is 1. The van der Waals surface area contributed by atoms with Crippen LogP contribution in [0.1, 0.15) is 76.2 Å². The summed E-state index contributed by atoms with van der Waals surface area (Å²) in [6.45, 7) is 6.51. The van der Waals surface area contributed by atoms with Crippen LogP contribution in [-0.4, -0.2) is 44.9 Å². The lowest BCUT2D eigenvalue weighted by atomic mass is 9.85. The predicted octanol–water partition coefficient (Wildman–Crippen LogP) is 3.40. The molecule has 7 heteroatoms. The van der Waals surface area contributed by atoms with Gasteiger partial charge in [-0.3, -0.25) is 14.3 Å². The molecule has 1 heterocycles. The molecule has 2 fully saturated rings. The van der Waals surface area contributed by atoms with Gasteiger partial charge in [0, 0.05) is 11.9 Å². The number of fused-ring (bicyclic) bond motifs is 1. The van der Waals surface area contributed by atoms with Crippen LogP contribution in [0.2, 0.25) is 0 Å². The molecule has 174 valence electrons. The molecule has 0 saturated heterocycles. The van der Waals surface area contributed by atoms with Crippen LogP contribution in [0.25, 0.3) is 10.9 Å². The second-order valence-electron chi connectivity index (χ2n) is 10.8.